The zero-order valence-electron chi connectivity index (χ0n) is 8.49. The Balaban J connectivity index is 0.00000169. The van der Waals surface area contributed by atoms with E-state index in [2.05, 4.69) is 0 Å². The van der Waals surface area contributed by atoms with Gasteiger partial charge in [0, 0.05) is 11.2 Å². The molecule has 14 heavy (non-hydrogen) atoms. The maximum atomic E-state index is 5.76. The average Bonchev–Trinajstić information content (AvgIpc) is 2.02. The molecule has 0 radical (unpaired) electrons. The third-order valence-corrected chi connectivity index (χ3v) is 1.49. The summed E-state index contributed by atoms with van der Waals surface area (Å²) in [5.74, 6) is 0.799. The predicted octanol–water partition coefficient (Wildman–Crippen LogP) is 1.81. The molecule has 1 aromatic carbocycles. The van der Waals surface area contributed by atoms with Crippen molar-refractivity contribution < 1.29 is 4.74 Å². The van der Waals surface area contributed by atoms with Crippen LogP contribution in [0.25, 0.3) is 0 Å². The molecule has 80 valence electrons. The van der Waals surface area contributed by atoms with Crippen molar-refractivity contribution in [3.05, 3.63) is 24.3 Å². The molecule has 4 N–H and O–H groups in total. The van der Waals surface area contributed by atoms with Crippen LogP contribution in [0.15, 0.2) is 24.3 Å². The molecule has 0 atom stereocenters. The van der Waals surface area contributed by atoms with Gasteiger partial charge in [-0.3, -0.25) is 0 Å². The number of anilines is 1. The third kappa shape index (κ3) is 4.94. The monoisotopic (exact) mass is 216 g/mol. The van der Waals surface area contributed by atoms with Gasteiger partial charge in [0.15, 0.2) is 0 Å². The van der Waals surface area contributed by atoms with E-state index in [4.69, 9.17) is 16.2 Å². The zero-order chi connectivity index (χ0) is 9.90. The standard InChI is InChI=1S/C10H16N2O.ClH/c1-10(2,12)7-13-9-5-3-8(11)4-6-9;/h3-6H,7,11-12H2,1-2H3;1H. The molecule has 0 aromatic heterocycles. The van der Waals surface area contributed by atoms with E-state index in [-0.39, 0.29) is 17.9 Å². The van der Waals surface area contributed by atoms with Gasteiger partial charge < -0.3 is 16.2 Å². The van der Waals surface area contributed by atoms with Gasteiger partial charge in [-0.05, 0) is 38.1 Å². The predicted molar refractivity (Wildman–Crippen MR) is 61.9 cm³/mol. The molecule has 0 fully saturated rings. The van der Waals surface area contributed by atoms with Gasteiger partial charge in [-0.1, -0.05) is 0 Å². The Hall–Kier alpha value is -0.930. The first kappa shape index (κ1) is 13.1. The Morgan fingerprint density at radius 3 is 2.14 bits per heavy atom. The minimum atomic E-state index is -0.304. The largest absolute Gasteiger partial charge is 0.492 e. The molecule has 0 heterocycles. The Bertz CT molecular complexity index is 266. The molecule has 0 saturated heterocycles. The summed E-state index contributed by atoms with van der Waals surface area (Å²) in [7, 11) is 0. The summed E-state index contributed by atoms with van der Waals surface area (Å²) in [4.78, 5) is 0. The summed E-state index contributed by atoms with van der Waals surface area (Å²) in [5, 5.41) is 0. The molecule has 0 aliphatic carbocycles. The van der Waals surface area contributed by atoms with E-state index in [9.17, 15) is 0 Å². The number of ether oxygens (including phenoxy) is 1. The molecule has 1 aromatic rings. The molecule has 0 saturated carbocycles. The second-order valence-electron chi connectivity index (χ2n) is 3.85. The van der Waals surface area contributed by atoms with Crippen LogP contribution in [0, 0.1) is 0 Å². The first-order valence-corrected chi connectivity index (χ1v) is 4.25. The fourth-order valence-corrected chi connectivity index (χ4v) is 0.833. The highest BCUT2D eigenvalue weighted by atomic mass is 35.5. The minimum absolute atomic E-state index is 0. The topological polar surface area (TPSA) is 61.3 Å². The Kier molecular flexibility index (Phi) is 4.74. The van der Waals surface area contributed by atoms with Crippen LogP contribution in [-0.4, -0.2) is 12.1 Å². The minimum Gasteiger partial charge on any atom is -0.492 e. The normalized spacial score (nSPS) is 10.5. The van der Waals surface area contributed by atoms with Gasteiger partial charge in [0.2, 0.25) is 0 Å². The number of rotatable bonds is 3. The first-order chi connectivity index (χ1) is 5.97. The average molecular weight is 217 g/mol. The van der Waals surface area contributed by atoms with Gasteiger partial charge in [-0.15, -0.1) is 12.4 Å². The second-order valence-corrected chi connectivity index (χ2v) is 3.85. The summed E-state index contributed by atoms with van der Waals surface area (Å²) < 4.78 is 5.44. The highest BCUT2D eigenvalue weighted by molar-refractivity contribution is 5.85. The molecular weight excluding hydrogens is 200 g/mol. The van der Waals surface area contributed by atoms with Gasteiger partial charge in [-0.2, -0.15) is 0 Å². The molecule has 4 heteroatoms. The molecule has 0 unspecified atom stereocenters. The maximum Gasteiger partial charge on any atom is 0.119 e. The third-order valence-electron chi connectivity index (χ3n) is 1.49. The van der Waals surface area contributed by atoms with Crippen LogP contribution in [0.1, 0.15) is 13.8 Å². The van der Waals surface area contributed by atoms with Gasteiger partial charge in [0.25, 0.3) is 0 Å². The number of halogens is 1. The van der Waals surface area contributed by atoms with Crippen LogP contribution >= 0.6 is 12.4 Å². The molecular formula is C10H17ClN2O. The molecule has 3 nitrogen and oxygen atoms in total. The number of hydrogen-bond acceptors (Lipinski definition) is 3. The van der Waals surface area contributed by atoms with Crippen molar-refractivity contribution in [2.45, 2.75) is 19.4 Å². The van der Waals surface area contributed by atoms with Gasteiger partial charge in [-0.25, -0.2) is 0 Å². The fourth-order valence-electron chi connectivity index (χ4n) is 0.833. The molecule has 0 aliphatic heterocycles. The quantitative estimate of drug-likeness (QED) is 0.758. The summed E-state index contributed by atoms with van der Waals surface area (Å²) in [6.07, 6.45) is 0. The van der Waals surface area contributed by atoms with E-state index in [1.54, 1.807) is 12.1 Å². The molecule has 0 amide bonds. The lowest BCUT2D eigenvalue weighted by Crippen LogP contribution is -2.38. The van der Waals surface area contributed by atoms with E-state index < -0.39 is 0 Å². The molecule has 0 bridgehead atoms. The molecule has 0 aliphatic rings. The van der Waals surface area contributed by atoms with Crippen molar-refractivity contribution in [3.8, 4) is 5.75 Å². The lowest BCUT2D eigenvalue weighted by molar-refractivity contribution is 0.243. The van der Waals surface area contributed by atoms with Gasteiger partial charge in [0.1, 0.15) is 12.4 Å². The van der Waals surface area contributed by atoms with Crippen LogP contribution in [0.2, 0.25) is 0 Å². The SMILES string of the molecule is CC(C)(N)COc1ccc(N)cc1.Cl. The van der Waals surface area contributed by atoms with Crippen molar-refractivity contribution in [3.63, 3.8) is 0 Å². The molecule has 0 spiro atoms. The van der Waals surface area contributed by atoms with Crippen LogP contribution in [0.5, 0.6) is 5.75 Å². The van der Waals surface area contributed by atoms with Crippen LogP contribution < -0.4 is 16.2 Å². The number of nitrogen functional groups attached to an aromatic ring is 1. The van der Waals surface area contributed by atoms with Crippen molar-refractivity contribution in [2.24, 2.45) is 5.73 Å². The van der Waals surface area contributed by atoms with E-state index in [0.29, 0.717) is 6.61 Å². The van der Waals surface area contributed by atoms with E-state index in [0.717, 1.165) is 11.4 Å². The Morgan fingerprint density at radius 1 is 1.21 bits per heavy atom. The van der Waals surface area contributed by atoms with Crippen LogP contribution in [0.3, 0.4) is 0 Å². The second kappa shape index (κ2) is 5.08. The summed E-state index contributed by atoms with van der Waals surface area (Å²) in [6, 6.07) is 7.28. The number of nitrogens with two attached hydrogens (primary N) is 2. The smallest absolute Gasteiger partial charge is 0.119 e. The first-order valence-electron chi connectivity index (χ1n) is 4.25. The van der Waals surface area contributed by atoms with Gasteiger partial charge in [0.05, 0.1) is 0 Å². The highest BCUT2D eigenvalue weighted by Crippen LogP contribution is 2.14. The van der Waals surface area contributed by atoms with E-state index >= 15 is 0 Å². The highest BCUT2D eigenvalue weighted by Gasteiger charge is 2.10. The van der Waals surface area contributed by atoms with E-state index in [1.807, 2.05) is 26.0 Å². The summed E-state index contributed by atoms with van der Waals surface area (Å²) in [6.45, 7) is 4.34. The number of benzene rings is 1. The fraction of sp³-hybridized carbons (Fsp3) is 0.400. The van der Waals surface area contributed by atoms with Crippen molar-refractivity contribution in [1.82, 2.24) is 0 Å². The van der Waals surface area contributed by atoms with Crippen LogP contribution in [0.4, 0.5) is 5.69 Å². The van der Waals surface area contributed by atoms with Crippen molar-refractivity contribution >= 4 is 18.1 Å². The summed E-state index contributed by atoms with van der Waals surface area (Å²) in [5.41, 5.74) is 11.7. The Labute approximate surface area is 90.8 Å². The van der Waals surface area contributed by atoms with E-state index in [1.165, 1.54) is 0 Å². The lowest BCUT2D eigenvalue weighted by atomic mass is 10.1. The van der Waals surface area contributed by atoms with Crippen molar-refractivity contribution in [2.75, 3.05) is 12.3 Å². The summed E-state index contributed by atoms with van der Waals surface area (Å²) >= 11 is 0. The maximum absolute atomic E-state index is 5.76. The zero-order valence-corrected chi connectivity index (χ0v) is 9.30. The van der Waals surface area contributed by atoms with Crippen molar-refractivity contribution in [1.29, 1.82) is 0 Å². The Morgan fingerprint density at radius 2 is 1.71 bits per heavy atom. The lowest BCUT2D eigenvalue weighted by Gasteiger charge is -2.18. The molecule has 1 rings (SSSR count). The number of hydrogen-bond donors (Lipinski definition) is 2. The van der Waals surface area contributed by atoms with Crippen LogP contribution in [-0.2, 0) is 0 Å². The van der Waals surface area contributed by atoms with Gasteiger partial charge >= 0.3 is 0 Å².